The number of hydrogen-bond acceptors (Lipinski definition) is 3. The van der Waals surface area contributed by atoms with Crippen LogP contribution < -0.4 is 4.90 Å². The highest BCUT2D eigenvalue weighted by molar-refractivity contribution is 6.15. The van der Waals surface area contributed by atoms with E-state index in [4.69, 9.17) is 8.83 Å². The van der Waals surface area contributed by atoms with E-state index in [1.807, 2.05) is 12.1 Å². The fourth-order valence-electron chi connectivity index (χ4n) is 8.79. The van der Waals surface area contributed by atoms with Gasteiger partial charge in [0.05, 0.1) is 0 Å². The van der Waals surface area contributed by atoms with Gasteiger partial charge in [-0.15, -0.1) is 0 Å². The lowest BCUT2D eigenvalue weighted by Gasteiger charge is -2.25. The minimum absolute atomic E-state index is 0.104. The van der Waals surface area contributed by atoms with Crippen LogP contribution in [0.5, 0.6) is 0 Å². The van der Waals surface area contributed by atoms with Crippen molar-refractivity contribution in [1.29, 1.82) is 0 Å². The summed E-state index contributed by atoms with van der Waals surface area (Å²) in [5.74, 6) is 0. The third-order valence-corrected chi connectivity index (χ3v) is 11.5. The second-order valence-electron chi connectivity index (χ2n) is 14.9. The Labute approximate surface area is 313 Å². The zero-order valence-electron chi connectivity index (χ0n) is 30.0. The molecule has 10 aromatic rings. The molecule has 3 nitrogen and oxygen atoms in total. The number of benzene rings is 8. The first-order valence-corrected chi connectivity index (χ1v) is 18.6. The molecule has 0 radical (unpaired) electrons. The normalized spacial score (nSPS) is 13.1. The van der Waals surface area contributed by atoms with Gasteiger partial charge in [0.1, 0.15) is 22.3 Å². The maximum atomic E-state index is 6.81. The summed E-state index contributed by atoms with van der Waals surface area (Å²) < 4.78 is 13.0. The van der Waals surface area contributed by atoms with Crippen LogP contribution in [0.3, 0.4) is 0 Å². The summed E-state index contributed by atoms with van der Waals surface area (Å²) >= 11 is 0. The zero-order chi connectivity index (χ0) is 36.0. The van der Waals surface area contributed by atoms with E-state index in [0.717, 1.165) is 83.2 Å². The Morgan fingerprint density at radius 3 is 1.87 bits per heavy atom. The topological polar surface area (TPSA) is 29.5 Å². The molecule has 0 spiro atoms. The smallest absolute Gasteiger partial charge is 0.136 e. The van der Waals surface area contributed by atoms with Gasteiger partial charge in [-0.1, -0.05) is 117 Å². The second kappa shape index (κ2) is 11.6. The Hall–Kier alpha value is -6.84. The quantitative estimate of drug-likeness (QED) is 0.180. The van der Waals surface area contributed by atoms with Crippen molar-refractivity contribution in [3.8, 4) is 33.4 Å². The van der Waals surface area contributed by atoms with E-state index in [2.05, 4.69) is 183 Å². The molecule has 54 heavy (non-hydrogen) atoms. The molecule has 1 aliphatic rings. The van der Waals surface area contributed by atoms with Gasteiger partial charge >= 0.3 is 0 Å². The van der Waals surface area contributed by atoms with E-state index in [0.29, 0.717) is 0 Å². The highest BCUT2D eigenvalue weighted by Crippen LogP contribution is 2.52. The highest BCUT2D eigenvalue weighted by Gasteiger charge is 2.36. The number of fused-ring (bicyclic) bond motifs is 9. The molecule has 0 N–H and O–H groups in total. The van der Waals surface area contributed by atoms with Gasteiger partial charge in [-0.2, -0.15) is 0 Å². The number of nitrogens with zero attached hydrogens (tertiary/aromatic N) is 1. The highest BCUT2D eigenvalue weighted by atomic mass is 16.3. The number of anilines is 3. The van der Waals surface area contributed by atoms with Crippen molar-refractivity contribution in [3.05, 3.63) is 187 Å². The molecule has 0 saturated carbocycles. The average molecular weight is 694 g/mol. The monoisotopic (exact) mass is 693 g/mol. The molecule has 3 heteroatoms. The van der Waals surface area contributed by atoms with Crippen molar-refractivity contribution in [2.75, 3.05) is 4.90 Å². The number of rotatable bonds is 5. The zero-order valence-corrected chi connectivity index (χ0v) is 30.0. The van der Waals surface area contributed by atoms with Crippen LogP contribution in [-0.4, -0.2) is 0 Å². The van der Waals surface area contributed by atoms with E-state index in [9.17, 15) is 0 Å². The Bertz CT molecular complexity index is 3060. The van der Waals surface area contributed by atoms with E-state index in [1.54, 1.807) is 0 Å². The van der Waals surface area contributed by atoms with E-state index < -0.39 is 0 Å². The third-order valence-electron chi connectivity index (χ3n) is 11.5. The van der Waals surface area contributed by atoms with Crippen LogP contribution in [0.25, 0.3) is 77.3 Å². The summed E-state index contributed by atoms with van der Waals surface area (Å²) in [6.07, 6.45) is 0. The molecule has 2 aromatic heterocycles. The van der Waals surface area contributed by atoms with Crippen LogP contribution >= 0.6 is 0 Å². The molecule has 8 aromatic carbocycles. The first kappa shape index (κ1) is 30.8. The lowest BCUT2D eigenvalue weighted by Crippen LogP contribution is -2.14. The third kappa shape index (κ3) is 4.61. The molecule has 0 unspecified atom stereocenters. The van der Waals surface area contributed by atoms with Gasteiger partial charge in [0.15, 0.2) is 0 Å². The van der Waals surface area contributed by atoms with Crippen LogP contribution in [0.2, 0.25) is 0 Å². The lowest BCUT2D eigenvalue weighted by molar-refractivity contribution is 0.647. The summed E-state index contributed by atoms with van der Waals surface area (Å²) in [6.45, 7) is 4.64. The molecule has 1 aliphatic carbocycles. The number of para-hydroxylation sites is 2. The maximum Gasteiger partial charge on any atom is 0.136 e. The van der Waals surface area contributed by atoms with Crippen molar-refractivity contribution < 1.29 is 8.83 Å². The van der Waals surface area contributed by atoms with Gasteiger partial charge in [0, 0.05) is 44.0 Å². The summed E-state index contributed by atoms with van der Waals surface area (Å²) in [5.41, 5.74) is 16.6. The first-order chi connectivity index (χ1) is 26.5. The van der Waals surface area contributed by atoms with Gasteiger partial charge in [-0.25, -0.2) is 0 Å². The predicted molar refractivity (Wildman–Crippen MR) is 224 cm³/mol. The Balaban J connectivity index is 1.10. The average Bonchev–Trinajstić information content (AvgIpc) is 3.85. The Morgan fingerprint density at radius 1 is 0.370 bits per heavy atom. The first-order valence-electron chi connectivity index (χ1n) is 18.6. The molecule has 0 atom stereocenters. The molecule has 0 fully saturated rings. The molecule has 0 bridgehead atoms. The van der Waals surface area contributed by atoms with Crippen LogP contribution in [0.4, 0.5) is 17.1 Å². The summed E-state index contributed by atoms with van der Waals surface area (Å²) in [6, 6.07) is 62.9. The Morgan fingerprint density at radius 2 is 1.04 bits per heavy atom. The number of hydrogen-bond donors (Lipinski definition) is 0. The molecular formula is C51H35NO2. The van der Waals surface area contributed by atoms with Crippen molar-refractivity contribution in [2.24, 2.45) is 0 Å². The van der Waals surface area contributed by atoms with Gasteiger partial charge in [-0.05, 0) is 117 Å². The molecule has 0 saturated heterocycles. The van der Waals surface area contributed by atoms with Crippen LogP contribution in [-0.2, 0) is 5.41 Å². The van der Waals surface area contributed by atoms with Gasteiger partial charge in [0.25, 0.3) is 0 Å². The molecule has 0 amide bonds. The van der Waals surface area contributed by atoms with Gasteiger partial charge < -0.3 is 13.7 Å². The fraction of sp³-hybridized carbons (Fsp3) is 0.0588. The summed E-state index contributed by atoms with van der Waals surface area (Å²) in [4.78, 5) is 2.32. The van der Waals surface area contributed by atoms with Crippen molar-refractivity contribution in [3.63, 3.8) is 0 Å². The number of furan rings is 2. The molecule has 0 aliphatic heterocycles. The van der Waals surface area contributed by atoms with E-state index >= 15 is 0 Å². The minimum atomic E-state index is -0.104. The minimum Gasteiger partial charge on any atom is -0.456 e. The van der Waals surface area contributed by atoms with Gasteiger partial charge in [-0.3, -0.25) is 0 Å². The van der Waals surface area contributed by atoms with Gasteiger partial charge in [0.2, 0.25) is 0 Å². The van der Waals surface area contributed by atoms with Crippen LogP contribution in [0, 0.1) is 0 Å². The van der Waals surface area contributed by atoms with Crippen molar-refractivity contribution in [1.82, 2.24) is 0 Å². The SMILES string of the molecule is CC1(C)c2ccccc2-c2cc3c(cc21)oc1cc(-c2ccccc2)cc(-c2ccc(N(c4ccccc4)c4ccc5oc6ccccc6c5c4)cc2)c13. The lowest BCUT2D eigenvalue weighted by atomic mass is 9.82. The van der Waals surface area contributed by atoms with Crippen LogP contribution in [0.15, 0.2) is 185 Å². The fourth-order valence-corrected chi connectivity index (χ4v) is 8.79. The largest absolute Gasteiger partial charge is 0.456 e. The molecule has 256 valence electrons. The molecular weight excluding hydrogens is 659 g/mol. The second-order valence-corrected chi connectivity index (χ2v) is 14.9. The van der Waals surface area contributed by atoms with E-state index in [-0.39, 0.29) is 5.41 Å². The summed E-state index contributed by atoms with van der Waals surface area (Å²) in [7, 11) is 0. The standard InChI is InChI=1S/C51H35NO2/c1-51(2)44-19-11-9-17-38(44)41-30-43-48(31-45(41)51)54-49-28-34(32-13-5-3-6-14-32)27-40(50(43)49)33-21-23-36(24-22-33)52(35-15-7-4-8-16-35)37-25-26-47-42(29-37)39-18-10-12-20-46(39)53-47/h3-31H,1-2H3. The Kier molecular flexibility index (Phi) is 6.60. The predicted octanol–water partition coefficient (Wildman–Crippen LogP) is 14.6. The molecule has 11 rings (SSSR count). The maximum absolute atomic E-state index is 6.81. The van der Waals surface area contributed by atoms with Crippen molar-refractivity contribution in [2.45, 2.75) is 19.3 Å². The van der Waals surface area contributed by atoms with Crippen molar-refractivity contribution >= 4 is 60.9 Å². The van der Waals surface area contributed by atoms with E-state index in [1.165, 1.54) is 22.3 Å². The molecule has 2 heterocycles. The van der Waals surface area contributed by atoms with Crippen LogP contribution in [0.1, 0.15) is 25.0 Å². The summed E-state index contributed by atoms with van der Waals surface area (Å²) in [5, 5.41) is 4.50.